The summed E-state index contributed by atoms with van der Waals surface area (Å²) in [7, 11) is 15.7. The minimum absolute atomic E-state index is 0.165. The summed E-state index contributed by atoms with van der Waals surface area (Å²) in [5.74, 6) is 7.30. The third-order valence-corrected chi connectivity index (χ3v) is 25.5. The first-order valence-electron chi connectivity index (χ1n) is 48.4. The smallest absolute Gasteiger partial charge is 0.280 e. The number of methoxy groups -OCH3 is 3. The van der Waals surface area contributed by atoms with Crippen LogP contribution in [-0.4, -0.2) is 240 Å². The standard InChI is InChI=1S/C22H22N8O3.C20H22N8O2.3C20H24N6O3/c1-13-11-33-12-14-7-16(22(32)29(10-14)18-5-3-4-6-24-18)27-17-8-19(23-2)30-20(28-17)15(9-25-30)21(31)26-13;1-11-9-30-10-12-4-13-8-27(3)26-18(13)15(5-12)24-16-6-17(21-2)28-19(25-16)14(7-22-28)20(29)23-11;3*1-11-12(2)29-10-13-5-6-16(28-4)15(7-13)24-17-8-18(21-3)26-19(25-17)14(9-22-26)20(27)23-11/h3-10,13,23H,11-12H2,1-2H3,(H,26,31)(H,27,28);4-8,11,21H,9-10H2,1-3H3,(H,23,29)(H,24,25);3*5-9,11-12,21H,10H2,1-4H3,(H,23,27)(H,24,25)/t13-;11-;3*11-,12?/m11100/s1. The Morgan fingerprint density at radius 1 is 0.353 bits per heavy atom. The van der Waals surface area contributed by atoms with Gasteiger partial charge < -0.3 is 118 Å². The van der Waals surface area contributed by atoms with Crippen LogP contribution in [0.5, 0.6) is 17.2 Å². The predicted octanol–water partition coefficient (Wildman–Crippen LogP) is 11.4. The summed E-state index contributed by atoms with van der Waals surface area (Å²) >= 11 is 0. The van der Waals surface area contributed by atoms with Crippen LogP contribution in [0.4, 0.5) is 86.6 Å². The average molecular weight is 2040 g/mol. The van der Waals surface area contributed by atoms with Crippen LogP contribution in [0.2, 0.25) is 0 Å². The number of nitrogens with one attached hydrogen (secondary N) is 15. The summed E-state index contributed by atoms with van der Waals surface area (Å²) in [6.45, 7) is 17.9. The number of fused-ring (bicyclic) bond motifs is 17. The molecule has 5 aliphatic heterocycles. The van der Waals surface area contributed by atoms with Crippen molar-refractivity contribution in [2.24, 2.45) is 7.05 Å². The lowest BCUT2D eigenvalue weighted by atomic mass is 10.1. The SMILES string of the molecule is CNc1cc2nc3c(cnn13)C(=O)N[C@@H](C)C(C)OCc1ccc(OC)c(c1)N2.CNc1cc2nc3c(cnn13)C(=O)N[C@@H](C)C(C)OCc1ccc(OC)c(c1)N2.CNc1cc2nc3c(cnn13)C(=O)N[C@H](C)C(C)OCc1ccc(OC)c(c1)N2.CNc1cc2nc3c(cnn13)C(=O)N[C@H](C)COCc1cc(c(=O)n(-c3ccccn3)c1)N2.CNc1cc2nc3c(cnn13)C(=O)N[C@H](C)COCc1cc(c3nn(C)cc3c1)N2. The number of aryl methyl sites for hydroxylation is 1. The molecule has 0 spiro atoms. The van der Waals surface area contributed by atoms with Gasteiger partial charge in [0, 0.05) is 109 Å². The summed E-state index contributed by atoms with van der Waals surface area (Å²) in [6, 6.07) is 36.7. The van der Waals surface area contributed by atoms with E-state index < -0.39 is 0 Å². The molecule has 0 aliphatic carbocycles. The summed E-state index contributed by atoms with van der Waals surface area (Å²) in [4.78, 5) is 105. The molecular weight excluding hydrogens is 1930 g/mol. The van der Waals surface area contributed by atoms with Crippen LogP contribution in [0.3, 0.4) is 0 Å². The van der Waals surface area contributed by atoms with Crippen molar-refractivity contribution in [3.63, 3.8) is 0 Å². The largest absolute Gasteiger partial charge is 0.495 e. The molecule has 4 aromatic carbocycles. The molecule has 0 fully saturated rings. The molecule has 18 heterocycles. The van der Waals surface area contributed by atoms with Crippen LogP contribution >= 0.6 is 0 Å². The highest BCUT2D eigenvalue weighted by molar-refractivity contribution is 6.04. The molecule has 0 saturated heterocycles. The number of aromatic nitrogens is 19. The number of hydrogen-bond donors (Lipinski definition) is 15. The molecule has 48 heteroatoms. The molecule has 150 heavy (non-hydrogen) atoms. The van der Waals surface area contributed by atoms with Gasteiger partial charge in [0.1, 0.15) is 120 Å². The zero-order valence-corrected chi connectivity index (χ0v) is 85.4. The van der Waals surface area contributed by atoms with Crippen LogP contribution in [0, 0.1) is 0 Å². The summed E-state index contributed by atoms with van der Waals surface area (Å²) in [5, 5.41) is 73.8. The van der Waals surface area contributed by atoms with E-state index in [2.05, 4.69) is 146 Å². The topological polar surface area (TPSA) is 543 Å². The van der Waals surface area contributed by atoms with E-state index in [9.17, 15) is 28.8 Å². The van der Waals surface area contributed by atoms with E-state index in [0.717, 1.165) is 61.5 Å². The molecule has 0 radical (unpaired) electrons. The number of pyridine rings is 2. The molecule has 22 rings (SSSR count). The molecule has 48 nitrogen and oxygen atoms in total. The number of ether oxygens (including phenoxy) is 8. The molecule has 0 saturated carbocycles. The third kappa shape index (κ3) is 22.1. The summed E-state index contributed by atoms with van der Waals surface area (Å²) < 4.78 is 57.3. The van der Waals surface area contributed by atoms with Crippen molar-refractivity contribution in [3.05, 3.63) is 237 Å². The second-order valence-electron chi connectivity index (χ2n) is 36.2. The fraction of sp³-hybridized carbons (Fsp3) is 0.314. The predicted molar refractivity (Wildman–Crippen MR) is 565 cm³/mol. The second-order valence-corrected chi connectivity index (χ2v) is 36.2. The Kier molecular flexibility index (Phi) is 30.4. The van der Waals surface area contributed by atoms with E-state index in [4.69, 9.17) is 37.9 Å². The number of hydrogen-bond acceptors (Lipinski definition) is 36. The fourth-order valence-electron chi connectivity index (χ4n) is 17.0. The van der Waals surface area contributed by atoms with Crippen LogP contribution in [-0.2, 0) is 63.8 Å². The van der Waals surface area contributed by atoms with E-state index in [1.54, 1.807) is 116 Å². The maximum absolute atomic E-state index is 13.3. The van der Waals surface area contributed by atoms with Gasteiger partial charge in [-0.1, -0.05) is 24.3 Å². The van der Waals surface area contributed by atoms with Gasteiger partial charge in [0.25, 0.3) is 35.1 Å². The summed E-state index contributed by atoms with van der Waals surface area (Å²) in [5.41, 5.74) is 12.7. The number of nitrogens with zero attached hydrogens (tertiary/aromatic N) is 19. The van der Waals surface area contributed by atoms with Crippen LogP contribution in [0.15, 0.2) is 176 Å². The monoisotopic (exact) mass is 2040 g/mol. The first-order valence-corrected chi connectivity index (χ1v) is 48.4. The minimum atomic E-state index is -0.305. The van der Waals surface area contributed by atoms with Gasteiger partial charge in [-0.3, -0.25) is 38.0 Å². The highest BCUT2D eigenvalue weighted by atomic mass is 16.5. The van der Waals surface area contributed by atoms with Crippen LogP contribution < -0.4 is 99.5 Å². The highest BCUT2D eigenvalue weighted by Crippen LogP contribution is 2.38. The van der Waals surface area contributed by atoms with Gasteiger partial charge in [0.05, 0.1) is 158 Å². The lowest BCUT2D eigenvalue weighted by Gasteiger charge is -2.22. The lowest BCUT2D eigenvalue weighted by molar-refractivity contribution is 0.0303. The molecule has 778 valence electrons. The van der Waals surface area contributed by atoms with E-state index in [0.29, 0.717) is 176 Å². The summed E-state index contributed by atoms with van der Waals surface area (Å²) in [6.07, 6.45) is 12.3. The van der Waals surface area contributed by atoms with Crippen molar-refractivity contribution in [2.45, 2.75) is 137 Å². The van der Waals surface area contributed by atoms with Gasteiger partial charge >= 0.3 is 0 Å². The van der Waals surface area contributed by atoms with Crippen LogP contribution in [0.25, 0.3) is 45.0 Å². The Labute approximate surface area is 858 Å². The lowest BCUT2D eigenvalue weighted by Crippen LogP contribution is -2.41. The van der Waals surface area contributed by atoms with Gasteiger partial charge in [0.15, 0.2) is 28.2 Å². The zero-order chi connectivity index (χ0) is 105. The molecule has 5 amide bonds. The van der Waals surface area contributed by atoms with Gasteiger partial charge in [-0.25, -0.2) is 29.9 Å². The van der Waals surface area contributed by atoms with Gasteiger partial charge in [0.2, 0.25) is 0 Å². The number of carbonyl (C=O) groups is 5. The van der Waals surface area contributed by atoms with Crippen LogP contribution in [0.1, 0.15) is 135 Å². The Morgan fingerprint density at radius 3 is 1.01 bits per heavy atom. The van der Waals surface area contributed by atoms with E-state index in [-0.39, 0.29) is 96.8 Å². The number of rotatable bonds is 9. The third-order valence-electron chi connectivity index (χ3n) is 25.5. The maximum Gasteiger partial charge on any atom is 0.280 e. The fourth-order valence-corrected chi connectivity index (χ4v) is 17.0. The Balaban J connectivity index is 0.000000122. The van der Waals surface area contributed by atoms with Crippen molar-refractivity contribution in [2.75, 3.05) is 123 Å². The quantitative estimate of drug-likeness (QED) is 0.0638. The molecular formula is C102H116N34O14. The highest BCUT2D eigenvalue weighted by Gasteiger charge is 2.31. The molecule has 15 N–H and O–H groups in total. The Morgan fingerprint density at radius 2 is 0.673 bits per heavy atom. The second kappa shape index (κ2) is 44.6. The molecule has 5 aliphatic rings. The van der Waals surface area contributed by atoms with E-state index in [1.165, 1.54) is 40.1 Å². The number of anilines is 15. The molecule has 17 aromatic rings. The number of amides is 5. The number of carbonyl (C=O) groups excluding carboxylic acids is 5. The molecule has 3 unspecified atom stereocenters. The maximum atomic E-state index is 13.3. The van der Waals surface area contributed by atoms with Crippen molar-refractivity contribution in [1.29, 1.82) is 0 Å². The van der Waals surface area contributed by atoms with Crippen molar-refractivity contribution in [1.82, 2.24) is 119 Å². The molecule has 8 atom stereocenters. The van der Waals surface area contributed by atoms with E-state index >= 15 is 0 Å². The Bertz CT molecular complexity index is 7590. The average Bonchev–Trinajstić information content (AvgIpc) is 1.59. The number of benzene rings is 4. The van der Waals surface area contributed by atoms with Crippen molar-refractivity contribution in [3.8, 4) is 23.1 Å². The first kappa shape index (κ1) is 102. The van der Waals surface area contributed by atoms with Gasteiger partial charge in [-0.05, 0) is 150 Å². The van der Waals surface area contributed by atoms with Crippen molar-refractivity contribution >= 4 is 155 Å². The minimum Gasteiger partial charge on any atom is -0.495 e. The van der Waals surface area contributed by atoms with Crippen molar-refractivity contribution < 1.29 is 61.9 Å². The van der Waals surface area contributed by atoms with Gasteiger partial charge in [-0.15, -0.1) is 0 Å². The Hall–Kier alpha value is -17.9. The molecule has 13 aromatic heterocycles. The molecule has 20 bridgehead atoms. The van der Waals surface area contributed by atoms with E-state index in [1.807, 2.05) is 160 Å². The normalized spacial score (nSPS) is 18.2. The zero-order valence-electron chi connectivity index (χ0n) is 85.4. The first-order chi connectivity index (χ1) is 72.5. The van der Waals surface area contributed by atoms with Gasteiger partial charge in [-0.2, -0.15) is 53.2 Å².